The third kappa shape index (κ3) is 2.77. The minimum absolute atomic E-state index is 0.532. The van der Waals surface area contributed by atoms with Crippen LogP contribution in [0.5, 0.6) is 0 Å². The standard InChI is InChI=1S/C15H17ClN2/c1-10(2)11-6-8-12(9-7-11)18-15-13(16)4-3-5-14(15)17/h3-10,18H,17H2,1-2H3. The first-order chi connectivity index (χ1) is 8.58. The Morgan fingerprint density at radius 3 is 2.28 bits per heavy atom. The summed E-state index contributed by atoms with van der Waals surface area (Å²) in [6.07, 6.45) is 0. The lowest BCUT2D eigenvalue weighted by Crippen LogP contribution is -1.97. The fourth-order valence-electron chi connectivity index (χ4n) is 1.77. The summed E-state index contributed by atoms with van der Waals surface area (Å²) in [4.78, 5) is 0. The Morgan fingerprint density at radius 1 is 1.06 bits per heavy atom. The van der Waals surface area contributed by atoms with E-state index in [1.165, 1.54) is 5.56 Å². The number of nitrogens with one attached hydrogen (secondary N) is 1. The molecule has 0 spiro atoms. The summed E-state index contributed by atoms with van der Waals surface area (Å²) in [5.74, 6) is 0.532. The average molecular weight is 261 g/mol. The Labute approximate surface area is 113 Å². The molecule has 0 aliphatic heterocycles. The summed E-state index contributed by atoms with van der Waals surface area (Å²) in [7, 11) is 0. The summed E-state index contributed by atoms with van der Waals surface area (Å²) in [6, 6.07) is 13.8. The van der Waals surface area contributed by atoms with Gasteiger partial charge in [-0.15, -0.1) is 0 Å². The van der Waals surface area contributed by atoms with Crippen molar-refractivity contribution in [2.45, 2.75) is 19.8 Å². The van der Waals surface area contributed by atoms with E-state index in [-0.39, 0.29) is 0 Å². The number of halogens is 1. The quantitative estimate of drug-likeness (QED) is 0.779. The highest BCUT2D eigenvalue weighted by molar-refractivity contribution is 6.34. The normalized spacial score (nSPS) is 10.7. The number of hydrogen-bond donors (Lipinski definition) is 2. The zero-order valence-corrected chi connectivity index (χ0v) is 11.3. The molecule has 0 fully saturated rings. The fraction of sp³-hybridized carbons (Fsp3) is 0.200. The molecule has 0 atom stereocenters. The van der Waals surface area contributed by atoms with E-state index in [1.54, 1.807) is 0 Å². The smallest absolute Gasteiger partial charge is 0.0807 e. The molecule has 2 aromatic rings. The lowest BCUT2D eigenvalue weighted by Gasteiger charge is -2.12. The second kappa shape index (κ2) is 5.32. The SMILES string of the molecule is CC(C)c1ccc(Nc2c(N)cccc2Cl)cc1. The monoisotopic (exact) mass is 260 g/mol. The van der Waals surface area contributed by atoms with Crippen LogP contribution in [0.15, 0.2) is 42.5 Å². The highest BCUT2D eigenvalue weighted by Crippen LogP contribution is 2.31. The van der Waals surface area contributed by atoms with Crippen molar-refractivity contribution in [2.75, 3.05) is 11.1 Å². The van der Waals surface area contributed by atoms with E-state index in [2.05, 4.69) is 31.3 Å². The van der Waals surface area contributed by atoms with E-state index in [0.717, 1.165) is 11.4 Å². The number of nitrogens with two attached hydrogens (primary N) is 1. The van der Waals surface area contributed by atoms with Crippen molar-refractivity contribution >= 4 is 28.7 Å². The van der Waals surface area contributed by atoms with E-state index in [0.29, 0.717) is 16.6 Å². The van der Waals surface area contributed by atoms with Crippen LogP contribution in [-0.4, -0.2) is 0 Å². The lowest BCUT2D eigenvalue weighted by atomic mass is 10.0. The highest BCUT2D eigenvalue weighted by Gasteiger charge is 2.05. The molecule has 0 amide bonds. The van der Waals surface area contributed by atoms with Gasteiger partial charge in [0.25, 0.3) is 0 Å². The van der Waals surface area contributed by atoms with Gasteiger partial charge in [-0.05, 0) is 35.7 Å². The minimum atomic E-state index is 0.532. The zero-order valence-electron chi connectivity index (χ0n) is 10.6. The number of anilines is 3. The van der Waals surface area contributed by atoms with Crippen molar-refractivity contribution in [2.24, 2.45) is 0 Å². The Kier molecular flexibility index (Phi) is 3.78. The molecule has 0 aromatic heterocycles. The molecular formula is C15H17ClN2. The van der Waals surface area contributed by atoms with Crippen LogP contribution in [0.1, 0.15) is 25.3 Å². The molecule has 0 aliphatic rings. The predicted octanol–water partition coefficient (Wildman–Crippen LogP) is 4.79. The van der Waals surface area contributed by atoms with Crippen molar-refractivity contribution in [3.63, 3.8) is 0 Å². The van der Waals surface area contributed by atoms with Gasteiger partial charge in [-0.3, -0.25) is 0 Å². The van der Waals surface area contributed by atoms with Crippen LogP contribution in [-0.2, 0) is 0 Å². The molecule has 0 saturated carbocycles. The molecule has 3 N–H and O–H groups in total. The Morgan fingerprint density at radius 2 is 1.72 bits per heavy atom. The summed E-state index contributed by atoms with van der Waals surface area (Å²) in [6.45, 7) is 4.35. The van der Waals surface area contributed by atoms with Crippen molar-refractivity contribution in [3.8, 4) is 0 Å². The average Bonchev–Trinajstić information content (AvgIpc) is 2.34. The Bertz CT molecular complexity index is 512. The van der Waals surface area contributed by atoms with Crippen molar-refractivity contribution in [3.05, 3.63) is 53.1 Å². The first-order valence-corrected chi connectivity index (χ1v) is 6.36. The van der Waals surface area contributed by atoms with Crippen LogP contribution in [0.3, 0.4) is 0 Å². The number of rotatable bonds is 3. The summed E-state index contributed by atoms with van der Waals surface area (Å²) < 4.78 is 0. The lowest BCUT2D eigenvalue weighted by molar-refractivity contribution is 0.867. The van der Waals surface area contributed by atoms with Crippen molar-refractivity contribution in [1.82, 2.24) is 0 Å². The van der Waals surface area contributed by atoms with Crippen molar-refractivity contribution in [1.29, 1.82) is 0 Å². The molecular weight excluding hydrogens is 244 g/mol. The maximum Gasteiger partial charge on any atom is 0.0807 e. The minimum Gasteiger partial charge on any atom is -0.397 e. The predicted molar refractivity (Wildman–Crippen MR) is 79.7 cm³/mol. The molecule has 18 heavy (non-hydrogen) atoms. The third-order valence-electron chi connectivity index (χ3n) is 2.89. The highest BCUT2D eigenvalue weighted by atomic mass is 35.5. The van der Waals surface area contributed by atoms with Gasteiger partial charge in [0.05, 0.1) is 16.4 Å². The second-order valence-corrected chi connectivity index (χ2v) is 5.01. The number of hydrogen-bond acceptors (Lipinski definition) is 2. The summed E-state index contributed by atoms with van der Waals surface area (Å²) >= 11 is 6.12. The number of benzene rings is 2. The molecule has 94 valence electrons. The van der Waals surface area contributed by atoms with E-state index in [9.17, 15) is 0 Å². The van der Waals surface area contributed by atoms with Gasteiger partial charge in [0.2, 0.25) is 0 Å². The van der Waals surface area contributed by atoms with Gasteiger partial charge in [-0.25, -0.2) is 0 Å². The molecule has 0 heterocycles. The van der Waals surface area contributed by atoms with Crippen molar-refractivity contribution < 1.29 is 0 Å². The number of nitrogen functional groups attached to an aromatic ring is 1. The van der Waals surface area contributed by atoms with Gasteiger partial charge in [0.1, 0.15) is 0 Å². The van der Waals surface area contributed by atoms with Gasteiger partial charge in [-0.1, -0.05) is 43.6 Å². The fourth-order valence-corrected chi connectivity index (χ4v) is 2.00. The first-order valence-electron chi connectivity index (χ1n) is 5.99. The second-order valence-electron chi connectivity index (χ2n) is 4.61. The van der Waals surface area contributed by atoms with Crippen LogP contribution < -0.4 is 11.1 Å². The maximum atomic E-state index is 6.12. The summed E-state index contributed by atoms with van der Waals surface area (Å²) in [5, 5.41) is 3.88. The van der Waals surface area contributed by atoms with Crippen LogP contribution >= 0.6 is 11.6 Å². The molecule has 0 unspecified atom stereocenters. The van der Waals surface area contributed by atoms with E-state index in [1.807, 2.05) is 30.3 Å². The van der Waals surface area contributed by atoms with Crippen LogP contribution in [0.2, 0.25) is 5.02 Å². The number of para-hydroxylation sites is 1. The van der Waals surface area contributed by atoms with Gasteiger partial charge in [0.15, 0.2) is 0 Å². The van der Waals surface area contributed by atoms with Crippen LogP contribution in [0.4, 0.5) is 17.1 Å². The third-order valence-corrected chi connectivity index (χ3v) is 3.21. The molecule has 3 heteroatoms. The van der Waals surface area contributed by atoms with Gasteiger partial charge in [0, 0.05) is 5.69 Å². The van der Waals surface area contributed by atoms with E-state index < -0.39 is 0 Å². The Balaban J connectivity index is 2.24. The molecule has 0 saturated heterocycles. The Hall–Kier alpha value is -1.67. The van der Waals surface area contributed by atoms with Gasteiger partial charge in [-0.2, -0.15) is 0 Å². The van der Waals surface area contributed by atoms with E-state index >= 15 is 0 Å². The molecule has 0 aliphatic carbocycles. The van der Waals surface area contributed by atoms with E-state index in [4.69, 9.17) is 17.3 Å². The van der Waals surface area contributed by atoms with Gasteiger partial charge >= 0.3 is 0 Å². The molecule has 0 radical (unpaired) electrons. The zero-order chi connectivity index (χ0) is 13.1. The van der Waals surface area contributed by atoms with Gasteiger partial charge < -0.3 is 11.1 Å². The molecule has 0 bridgehead atoms. The molecule has 2 aromatic carbocycles. The van der Waals surface area contributed by atoms with Crippen LogP contribution in [0.25, 0.3) is 0 Å². The molecule has 2 nitrogen and oxygen atoms in total. The summed E-state index contributed by atoms with van der Waals surface area (Å²) in [5.41, 5.74) is 9.61. The van der Waals surface area contributed by atoms with Crippen LogP contribution in [0, 0.1) is 0 Å². The maximum absolute atomic E-state index is 6.12. The first kappa shape index (κ1) is 12.8. The molecule has 2 rings (SSSR count). The largest absolute Gasteiger partial charge is 0.397 e. The topological polar surface area (TPSA) is 38.0 Å².